The van der Waals surface area contributed by atoms with Gasteiger partial charge in [-0.2, -0.15) is 11.3 Å². The highest BCUT2D eigenvalue weighted by Crippen LogP contribution is 2.20. The van der Waals surface area contributed by atoms with Crippen molar-refractivity contribution in [1.29, 1.82) is 0 Å². The van der Waals surface area contributed by atoms with Crippen LogP contribution in [0.2, 0.25) is 0 Å². The number of aromatic nitrogens is 1. The van der Waals surface area contributed by atoms with Crippen LogP contribution in [-0.2, 0) is 0 Å². The molecule has 0 saturated heterocycles. The van der Waals surface area contributed by atoms with Crippen LogP contribution in [0.1, 0.15) is 0 Å². The number of hydrogen-bond donors (Lipinski definition) is 0. The molecule has 0 unspecified atom stereocenters. The lowest BCUT2D eigenvalue weighted by molar-refractivity contribution is 1.31. The second-order valence-corrected chi connectivity index (χ2v) is 2.97. The Morgan fingerprint density at radius 2 is 2.27 bits per heavy atom. The maximum atomic E-state index is 3.83. The smallest absolute Gasteiger partial charge is 0.0892 e. The molecule has 53 valence electrons. The van der Waals surface area contributed by atoms with Gasteiger partial charge in [-0.25, -0.2) is 0 Å². The predicted octanol–water partition coefficient (Wildman–Crippen LogP) is 2.61. The molecule has 0 aliphatic rings. The zero-order valence-corrected chi connectivity index (χ0v) is 6.64. The summed E-state index contributed by atoms with van der Waals surface area (Å²) < 4.78 is 0. The van der Waals surface area contributed by atoms with Crippen LogP contribution >= 0.6 is 11.3 Å². The van der Waals surface area contributed by atoms with Gasteiger partial charge in [-0.1, -0.05) is 0 Å². The summed E-state index contributed by atoms with van der Waals surface area (Å²) in [4.78, 5) is 3.83. The number of pyridine rings is 1. The average Bonchev–Trinajstić information content (AvgIpc) is 2.58. The van der Waals surface area contributed by atoms with Crippen LogP contribution in [0.5, 0.6) is 0 Å². The molecule has 1 radical (unpaired) electrons. The molecule has 0 aliphatic heterocycles. The van der Waals surface area contributed by atoms with Crippen molar-refractivity contribution in [3.05, 3.63) is 41.4 Å². The minimum atomic E-state index is 1.18. The van der Waals surface area contributed by atoms with Gasteiger partial charge in [0.1, 0.15) is 0 Å². The van der Waals surface area contributed by atoms with Gasteiger partial charge < -0.3 is 0 Å². The van der Waals surface area contributed by atoms with Gasteiger partial charge in [0.25, 0.3) is 0 Å². The monoisotopic (exact) mass is 160 g/mol. The Morgan fingerprint density at radius 3 is 2.91 bits per heavy atom. The summed E-state index contributed by atoms with van der Waals surface area (Å²) in [6, 6.07) is 5.97. The van der Waals surface area contributed by atoms with E-state index >= 15 is 0 Å². The van der Waals surface area contributed by atoms with E-state index in [-0.39, 0.29) is 0 Å². The second-order valence-electron chi connectivity index (χ2n) is 2.19. The lowest BCUT2D eigenvalue weighted by Gasteiger charge is -1.92. The maximum Gasteiger partial charge on any atom is 0.0892 e. The van der Waals surface area contributed by atoms with Gasteiger partial charge in [0.15, 0.2) is 0 Å². The Balaban J connectivity index is 2.46. The zero-order chi connectivity index (χ0) is 7.52. The highest BCUT2D eigenvalue weighted by molar-refractivity contribution is 7.08. The van der Waals surface area contributed by atoms with E-state index in [1.807, 2.05) is 12.1 Å². The van der Waals surface area contributed by atoms with E-state index in [1.54, 1.807) is 17.5 Å². The predicted molar refractivity (Wildman–Crippen MR) is 46.4 cm³/mol. The van der Waals surface area contributed by atoms with Gasteiger partial charge in [-0.05, 0) is 40.1 Å². The van der Waals surface area contributed by atoms with Crippen LogP contribution in [0.25, 0.3) is 11.1 Å². The summed E-state index contributed by atoms with van der Waals surface area (Å²) in [6.07, 6.45) is 4.56. The highest BCUT2D eigenvalue weighted by atomic mass is 32.1. The largest absolute Gasteiger partial charge is 0.255 e. The number of nitrogens with zero attached hydrogens (tertiary/aromatic N) is 1. The molecule has 2 rings (SSSR count). The summed E-state index contributed by atoms with van der Waals surface area (Å²) in [5.74, 6) is 0. The molecule has 0 atom stereocenters. The van der Waals surface area contributed by atoms with Gasteiger partial charge in [0, 0.05) is 6.20 Å². The minimum Gasteiger partial charge on any atom is -0.255 e. The van der Waals surface area contributed by atoms with Gasteiger partial charge in [0.05, 0.1) is 6.20 Å². The maximum absolute atomic E-state index is 3.83. The summed E-state index contributed by atoms with van der Waals surface area (Å²) in [6.45, 7) is 0. The summed E-state index contributed by atoms with van der Waals surface area (Å²) in [7, 11) is 0. The number of rotatable bonds is 1. The molecular formula is C9H6NS. The van der Waals surface area contributed by atoms with Crippen LogP contribution in [0.4, 0.5) is 0 Å². The third-order valence-electron chi connectivity index (χ3n) is 1.48. The topological polar surface area (TPSA) is 12.9 Å². The summed E-state index contributed by atoms with van der Waals surface area (Å²) in [5.41, 5.74) is 2.43. The molecule has 2 aromatic heterocycles. The Bertz CT molecular complexity index is 313. The van der Waals surface area contributed by atoms with Crippen molar-refractivity contribution >= 4 is 11.3 Å². The molecule has 2 heteroatoms. The zero-order valence-electron chi connectivity index (χ0n) is 5.82. The van der Waals surface area contributed by atoms with E-state index in [1.165, 1.54) is 11.1 Å². The molecular weight excluding hydrogens is 154 g/mol. The molecule has 2 aromatic rings. The van der Waals surface area contributed by atoms with Crippen LogP contribution in [0, 0.1) is 6.20 Å². The fraction of sp³-hybridized carbons (Fsp3) is 0. The molecule has 2 heterocycles. The van der Waals surface area contributed by atoms with E-state index in [0.29, 0.717) is 0 Å². The molecule has 0 bridgehead atoms. The first-order chi connectivity index (χ1) is 5.47. The molecule has 0 N–H and O–H groups in total. The van der Waals surface area contributed by atoms with E-state index in [0.717, 1.165) is 0 Å². The molecule has 0 spiro atoms. The minimum absolute atomic E-state index is 1.18. The molecule has 0 aromatic carbocycles. The van der Waals surface area contributed by atoms with Crippen molar-refractivity contribution in [3.63, 3.8) is 0 Å². The first-order valence-electron chi connectivity index (χ1n) is 3.31. The molecule has 0 amide bonds. The molecule has 0 fully saturated rings. The van der Waals surface area contributed by atoms with Crippen LogP contribution in [-0.4, -0.2) is 4.98 Å². The van der Waals surface area contributed by atoms with Crippen molar-refractivity contribution in [2.45, 2.75) is 0 Å². The van der Waals surface area contributed by atoms with Crippen LogP contribution in [0.3, 0.4) is 0 Å². The van der Waals surface area contributed by atoms with Crippen molar-refractivity contribution in [2.75, 3.05) is 0 Å². The quantitative estimate of drug-likeness (QED) is 0.625. The second kappa shape index (κ2) is 2.84. The fourth-order valence-corrected chi connectivity index (χ4v) is 1.59. The third kappa shape index (κ3) is 1.30. The SMILES string of the molecule is [c]1cc(-c2ccsc2)ccn1. The molecule has 0 aliphatic carbocycles. The van der Waals surface area contributed by atoms with Gasteiger partial charge in [-0.3, -0.25) is 4.98 Å². The average molecular weight is 160 g/mol. The van der Waals surface area contributed by atoms with E-state index < -0.39 is 0 Å². The Labute approximate surface area is 69.3 Å². The number of thiophene rings is 1. The Hall–Kier alpha value is -1.15. The van der Waals surface area contributed by atoms with Crippen molar-refractivity contribution in [3.8, 4) is 11.1 Å². The van der Waals surface area contributed by atoms with Crippen molar-refractivity contribution < 1.29 is 0 Å². The van der Waals surface area contributed by atoms with Crippen LogP contribution in [0.15, 0.2) is 35.2 Å². The molecule has 0 saturated carbocycles. The lowest BCUT2D eigenvalue weighted by Crippen LogP contribution is -1.73. The fourth-order valence-electron chi connectivity index (χ4n) is 0.924. The normalized spacial score (nSPS) is 9.82. The van der Waals surface area contributed by atoms with Crippen molar-refractivity contribution in [1.82, 2.24) is 4.98 Å². The first kappa shape index (κ1) is 6.55. The lowest BCUT2D eigenvalue weighted by atomic mass is 10.1. The van der Waals surface area contributed by atoms with E-state index in [4.69, 9.17) is 0 Å². The van der Waals surface area contributed by atoms with Gasteiger partial charge >= 0.3 is 0 Å². The van der Waals surface area contributed by atoms with E-state index in [9.17, 15) is 0 Å². The van der Waals surface area contributed by atoms with Crippen molar-refractivity contribution in [2.24, 2.45) is 0 Å². The standard InChI is InChI=1S/C9H6NS/c1-4-10-5-2-8(1)9-3-6-11-7-9/h1-4,6-7H. The molecule has 11 heavy (non-hydrogen) atoms. The van der Waals surface area contributed by atoms with E-state index in [2.05, 4.69) is 28.0 Å². The Kier molecular flexibility index (Phi) is 1.69. The summed E-state index contributed by atoms with van der Waals surface area (Å²) in [5, 5.41) is 4.18. The van der Waals surface area contributed by atoms with Gasteiger partial charge in [-0.15, -0.1) is 0 Å². The Morgan fingerprint density at radius 1 is 1.27 bits per heavy atom. The first-order valence-corrected chi connectivity index (χ1v) is 4.26. The summed E-state index contributed by atoms with van der Waals surface area (Å²) >= 11 is 1.70. The highest BCUT2D eigenvalue weighted by Gasteiger charge is 1.94. The molecule has 1 nitrogen and oxygen atoms in total. The van der Waals surface area contributed by atoms with Gasteiger partial charge in [0.2, 0.25) is 0 Å². The third-order valence-corrected chi connectivity index (χ3v) is 2.16. The van der Waals surface area contributed by atoms with Crippen LogP contribution < -0.4 is 0 Å². The number of hydrogen-bond acceptors (Lipinski definition) is 2.